The summed E-state index contributed by atoms with van der Waals surface area (Å²) in [7, 11) is 0. The van der Waals surface area contributed by atoms with E-state index in [0.717, 1.165) is 0 Å². The van der Waals surface area contributed by atoms with E-state index in [4.69, 9.17) is 11.6 Å². The highest BCUT2D eigenvalue weighted by Crippen LogP contribution is 2.20. The highest BCUT2D eigenvalue weighted by Gasteiger charge is 2.11. The van der Waals surface area contributed by atoms with Crippen molar-refractivity contribution in [1.29, 1.82) is 0 Å². The summed E-state index contributed by atoms with van der Waals surface area (Å²) in [5, 5.41) is 4.47. The molecule has 0 N–H and O–H groups in total. The van der Waals surface area contributed by atoms with Crippen LogP contribution in [0.2, 0.25) is 5.02 Å². The van der Waals surface area contributed by atoms with E-state index in [1.165, 1.54) is 18.5 Å². The van der Waals surface area contributed by atoms with Gasteiger partial charge in [-0.05, 0) is 18.2 Å². The fourth-order valence-corrected chi connectivity index (χ4v) is 2.54. The Morgan fingerprint density at radius 3 is 2.83 bits per heavy atom. The molecular formula is C16H14ClFN4O. The van der Waals surface area contributed by atoms with Gasteiger partial charge in [0.05, 0.1) is 6.54 Å². The van der Waals surface area contributed by atoms with Gasteiger partial charge in [0.2, 0.25) is 0 Å². The van der Waals surface area contributed by atoms with Gasteiger partial charge in [-0.1, -0.05) is 23.7 Å². The molecule has 0 saturated carbocycles. The number of benzene rings is 1. The van der Waals surface area contributed by atoms with Crippen LogP contribution in [0.1, 0.15) is 11.4 Å². The number of aromatic nitrogens is 4. The van der Waals surface area contributed by atoms with Crippen LogP contribution in [0.15, 0.2) is 53.7 Å². The van der Waals surface area contributed by atoms with Gasteiger partial charge in [0, 0.05) is 35.8 Å². The molecule has 3 rings (SSSR count). The summed E-state index contributed by atoms with van der Waals surface area (Å²) in [5.74, 6) is 0.290. The lowest BCUT2D eigenvalue weighted by molar-refractivity contribution is 0.558. The Kier molecular flexibility index (Phi) is 4.52. The summed E-state index contributed by atoms with van der Waals surface area (Å²) >= 11 is 6.05. The minimum atomic E-state index is -0.377. The Morgan fingerprint density at radius 2 is 2.04 bits per heavy atom. The maximum atomic E-state index is 13.9. The fraction of sp³-hybridized carbons (Fsp3) is 0.188. The van der Waals surface area contributed by atoms with E-state index < -0.39 is 0 Å². The molecule has 118 valence electrons. The normalized spacial score (nSPS) is 10.9. The SMILES string of the molecule is O=c1ccccn1CCc1ncnn1Cc1c(F)cccc1Cl. The second kappa shape index (κ2) is 6.75. The highest BCUT2D eigenvalue weighted by molar-refractivity contribution is 6.31. The van der Waals surface area contributed by atoms with Crippen LogP contribution in [0.5, 0.6) is 0 Å². The molecule has 0 aliphatic carbocycles. The molecule has 0 saturated heterocycles. The van der Waals surface area contributed by atoms with E-state index in [2.05, 4.69) is 10.1 Å². The van der Waals surface area contributed by atoms with Gasteiger partial charge in [-0.2, -0.15) is 5.10 Å². The van der Waals surface area contributed by atoms with Crippen molar-refractivity contribution in [3.8, 4) is 0 Å². The molecule has 0 aliphatic heterocycles. The first-order valence-corrected chi connectivity index (χ1v) is 7.48. The van der Waals surface area contributed by atoms with Crippen LogP contribution in [0.4, 0.5) is 4.39 Å². The molecule has 0 spiro atoms. The van der Waals surface area contributed by atoms with Gasteiger partial charge in [-0.15, -0.1) is 0 Å². The molecular weight excluding hydrogens is 319 g/mol. The summed E-state index contributed by atoms with van der Waals surface area (Å²) in [6.45, 7) is 0.675. The highest BCUT2D eigenvalue weighted by atomic mass is 35.5. The summed E-state index contributed by atoms with van der Waals surface area (Å²) in [5.41, 5.74) is 0.300. The van der Waals surface area contributed by atoms with Gasteiger partial charge in [0.15, 0.2) is 0 Å². The molecule has 7 heteroatoms. The molecule has 0 aliphatic rings. The third-order valence-electron chi connectivity index (χ3n) is 3.54. The summed E-state index contributed by atoms with van der Waals surface area (Å²) in [6, 6.07) is 9.56. The lowest BCUT2D eigenvalue weighted by Gasteiger charge is -2.09. The number of hydrogen-bond acceptors (Lipinski definition) is 3. The molecule has 5 nitrogen and oxygen atoms in total. The molecule has 0 atom stereocenters. The molecule has 0 unspecified atom stereocenters. The first kappa shape index (κ1) is 15.4. The Labute approximate surface area is 137 Å². The number of pyridine rings is 1. The lowest BCUT2D eigenvalue weighted by atomic mass is 10.2. The van der Waals surface area contributed by atoms with E-state index in [1.54, 1.807) is 39.7 Å². The predicted octanol–water partition coefficient (Wildman–Crippen LogP) is 2.52. The number of aryl methyl sites for hydroxylation is 2. The molecule has 23 heavy (non-hydrogen) atoms. The summed E-state index contributed by atoms with van der Waals surface area (Å²) < 4.78 is 17.1. The fourth-order valence-electron chi connectivity index (χ4n) is 2.31. The number of hydrogen-bond donors (Lipinski definition) is 0. The van der Waals surface area contributed by atoms with Crippen LogP contribution in [0, 0.1) is 5.82 Å². The van der Waals surface area contributed by atoms with Gasteiger partial charge >= 0.3 is 0 Å². The monoisotopic (exact) mass is 332 g/mol. The molecule has 0 amide bonds. The average Bonchev–Trinajstić information content (AvgIpc) is 2.97. The van der Waals surface area contributed by atoms with Crippen molar-refractivity contribution < 1.29 is 4.39 Å². The molecule has 1 aromatic carbocycles. The molecule has 3 aromatic rings. The Hall–Kier alpha value is -2.47. The summed E-state index contributed by atoms with van der Waals surface area (Å²) in [4.78, 5) is 15.9. The maximum Gasteiger partial charge on any atom is 0.250 e. The smallest absolute Gasteiger partial charge is 0.250 e. The van der Waals surface area contributed by atoms with Crippen molar-refractivity contribution in [3.63, 3.8) is 0 Å². The third-order valence-corrected chi connectivity index (χ3v) is 3.89. The predicted molar refractivity (Wildman–Crippen MR) is 84.9 cm³/mol. The van der Waals surface area contributed by atoms with Gasteiger partial charge in [0.1, 0.15) is 18.0 Å². The first-order chi connectivity index (χ1) is 11.1. The van der Waals surface area contributed by atoms with Crippen molar-refractivity contribution in [1.82, 2.24) is 19.3 Å². The quantitative estimate of drug-likeness (QED) is 0.721. The zero-order valence-corrected chi connectivity index (χ0v) is 12.9. The van der Waals surface area contributed by atoms with E-state index in [9.17, 15) is 9.18 Å². The van der Waals surface area contributed by atoms with Gasteiger partial charge < -0.3 is 4.57 Å². The largest absolute Gasteiger partial charge is 0.315 e. The molecule has 0 fully saturated rings. The van der Waals surface area contributed by atoms with Crippen LogP contribution >= 0.6 is 11.6 Å². The molecule has 2 aromatic heterocycles. The number of rotatable bonds is 5. The van der Waals surface area contributed by atoms with Crippen LogP contribution in [0.3, 0.4) is 0 Å². The number of nitrogens with zero attached hydrogens (tertiary/aromatic N) is 4. The zero-order valence-electron chi connectivity index (χ0n) is 12.2. The van der Waals surface area contributed by atoms with Crippen LogP contribution in [-0.2, 0) is 19.5 Å². The van der Waals surface area contributed by atoms with Crippen LogP contribution < -0.4 is 5.56 Å². The minimum Gasteiger partial charge on any atom is -0.315 e. The van der Waals surface area contributed by atoms with Crippen molar-refractivity contribution >= 4 is 11.6 Å². The van der Waals surface area contributed by atoms with Crippen molar-refractivity contribution in [2.24, 2.45) is 0 Å². The van der Waals surface area contributed by atoms with Crippen molar-refractivity contribution in [2.75, 3.05) is 0 Å². The maximum absolute atomic E-state index is 13.9. The van der Waals surface area contributed by atoms with Gasteiger partial charge in [-0.25, -0.2) is 14.1 Å². The van der Waals surface area contributed by atoms with Gasteiger partial charge in [-0.3, -0.25) is 4.79 Å². The minimum absolute atomic E-state index is 0.0734. The van der Waals surface area contributed by atoms with Crippen molar-refractivity contribution in [2.45, 2.75) is 19.5 Å². The molecule has 0 bridgehead atoms. The lowest BCUT2D eigenvalue weighted by Crippen LogP contribution is -2.20. The molecule has 0 radical (unpaired) electrons. The second-order valence-corrected chi connectivity index (χ2v) is 5.42. The Morgan fingerprint density at radius 1 is 1.17 bits per heavy atom. The Bertz CT molecular complexity index is 854. The average molecular weight is 333 g/mol. The molecule has 2 heterocycles. The second-order valence-electron chi connectivity index (χ2n) is 5.02. The van der Waals surface area contributed by atoms with Gasteiger partial charge in [0.25, 0.3) is 5.56 Å². The first-order valence-electron chi connectivity index (χ1n) is 7.10. The van der Waals surface area contributed by atoms with Crippen LogP contribution in [-0.4, -0.2) is 19.3 Å². The van der Waals surface area contributed by atoms with E-state index in [0.29, 0.717) is 29.4 Å². The standard InChI is InChI=1S/C16H14ClFN4O/c17-13-4-3-5-14(18)12(13)10-22-15(19-11-20-22)7-9-21-8-2-1-6-16(21)23/h1-6,8,11H,7,9-10H2. The van der Waals surface area contributed by atoms with E-state index in [-0.39, 0.29) is 17.9 Å². The van der Waals surface area contributed by atoms with E-state index in [1.807, 2.05) is 0 Å². The Balaban J connectivity index is 1.78. The zero-order chi connectivity index (χ0) is 16.2. The summed E-state index contributed by atoms with van der Waals surface area (Å²) in [6.07, 6.45) is 3.64. The number of halogens is 2. The van der Waals surface area contributed by atoms with E-state index >= 15 is 0 Å². The van der Waals surface area contributed by atoms with Crippen LogP contribution in [0.25, 0.3) is 0 Å². The topological polar surface area (TPSA) is 52.7 Å². The van der Waals surface area contributed by atoms with Crippen molar-refractivity contribution in [3.05, 3.63) is 81.5 Å². The third kappa shape index (κ3) is 3.48.